The minimum absolute atomic E-state index is 0.0603. The lowest BCUT2D eigenvalue weighted by Gasteiger charge is -2.09. The van der Waals surface area contributed by atoms with Crippen molar-refractivity contribution in [2.45, 2.75) is 13.1 Å². The van der Waals surface area contributed by atoms with E-state index in [-0.39, 0.29) is 16.5 Å². The van der Waals surface area contributed by atoms with Crippen LogP contribution in [0.2, 0.25) is 0 Å². The highest BCUT2D eigenvalue weighted by Crippen LogP contribution is 2.35. The topological polar surface area (TPSA) is 85.6 Å². The number of fused-ring (bicyclic) bond motifs is 1. The first-order valence-corrected chi connectivity index (χ1v) is 8.79. The fraction of sp³-hybridized carbons (Fsp3) is 0.118. The van der Waals surface area contributed by atoms with E-state index in [9.17, 15) is 18.0 Å². The molecule has 0 radical (unpaired) electrons. The summed E-state index contributed by atoms with van der Waals surface area (Å²) in [5.74, 6) is -0.267. The van der Waals surface area contributed by atoms with Crippen LogP contribution in [-0.4, -0.2) is 30.5 Å². The maximum Gasteiger partial charge on any atom is 0.418 e. The zero-order valence-electron chi connectivity index (χ0n) is 14.2. The zero-order valence-corrected chi connectivity index (χ0v) is 15.0. The molecule has 0 aromatic carbocycles. The van der Waals surface area contributed by atoms with Crippen molar-refractivity contribution in [1.29, 1.82) is 0 Å². The third-order valence-corrected chi connectivity index (χ3v) is 4.75. The van der Waals surface area contributed by atoms with Gasteiger partial charge in [0.25, 0.3) is 5.91 Å². The van der Waals surface area contributed by atoms with E-state index >= 15 is 0 Å². The summed E-state index contributed by atoms with van der Waals surface area (Å²) in [5.41, 5.74) is 2.21. The Morgan fingerprint density at radius 3 is 2.71 bits per heavy atom. The summed E-state index contributed by atoms with van der Waals surface area (Å²) in [5, 5.41) is 2.32. The van der Waals surface area contributed by atoms with Crippen molar-refractivity contribution in [2.75, 3.05) is 5.43 Å². The first kappa shape index (κ1) is 18.0. The first-order valence-electron chi connectivity index (χ1n) is 7.91. The molecule has 7 nitrogen and oxygen atoms in total. The predicted octanol–water partition coefficient (Wildman–Crippen LogP) is 3.66. The lowest BCUT2D eigenvalue weighted by Crippen LogP contribution is -2.23. The van der Waals surface area contributed by atoms with Gasteiger partial charge in [0.1, 0.15) is 0 Å². The Labute approximate surface area is 159 Å². The Balaban J connectivity index is 1.68. The van der Waals surface area contributed by atoms with Crippen LogP contribution in [0, 0.1) is 6.92 Å². The van der Waals surface area contributed by atoms with E-state index in [4.69, 9.17) is 0 Å². The molecule has 1 N–H and O–H groups in total. The van der Waals surface area contributed by atoms with Crippen molar-refractivity contribution < 1.29 is 18.0 Å². The molecule has 0 aliphatic rings. The van der Waals surface area contributed by atoms with Crippen LogP contribution in [0.25, 0.3) is 21.7 Å². The number of hydrogen-bond acceptors (Lipinski definition) is 6. The Morgan fingerprint density at radius 1 is 1.21 bits per heavy atom. The van der Waals surface area contributed by atoms with Gasteiger partial charge in [-0.3, -0.25) is 19.9 Å². The monoisotopic (exact) mass is 404 g/mol. The van der Waals surface area contributed by atoms with Crippen LogP contribution in [0.3, 0.4) is 0 Å². The van der Waals surface area contributed by atoms with Crippen LogP contribution in [0.15, 0.2) is 42.4 Å². The summed E-state index contributed by atoms with van der Waals surface area (Å²) in [6.07, 6.45) is 1.71. The van der Waals surface area contributed by atoms with Crippen LogP contribution >= 0.6 is 11.3 Å². The van der Waals surface area contributed by atoms with Crippen molar-refractivity contribution in [3.8, 4) is 10.8 Å². The molecule has 0 saturated carbocycles. The smallest absolute Gasteiger partial charge is 0.267 e. The largest absolute Gasteiger partial charge is 0.418 e. The van der Waals surface area contributed by atoms with E-state index in [1.54, 1.807) is 18.5 Å². The van der Waals surface area contributed by atoms with Gasteiger partial charge < -0.3 is 0 Å². The number of carbonyl (C=O) groups is 1. The summed E-state index contributed by atoms with van der Waals surface area (Å²) in [4.78, 5) is 28.9. The van der Waals surface area contributed by atoms with Gasteiger partial charge in [-0.2, -0.15) is 13.2 Å². The molecule has 0 spiro atoms. The molecule has 1 amide bonds. The minimum Gasteiger partial charge on any atom is -0.267 e. The van der Waals surface area contributed by atoms with Crippen LogP contribution in [0.5, 0.6) is 0 Å². The van der Waals surface area contributed by atoms with Gasteiger partial charge in [0.2, 0.25) is 0 Å². The fourth-order valence-corrected chi connectivity index (χ4v) is 3.27. The number of halogens is 3. The normalized spacial score (nSPS) is 11.7. The molecular formula is C17H11F3N6OS. The lowest BCUT2D eigenvalue weighted by molar-refractivity contribution is -0.136. The Morgan fingerprint density at radius 2 is 2.04 bits per heavy atom. The number of thiazole rings is 1. The molecule has 0 aliphatic heterocycles. The summed E-state index contributed by atoms with van der Waals surface area (Å²) in [6, 6.07) is 1.25. The van der Waals surface area contributed by atoms with Gasteiger partial charge in [-0.05, 0) is 13.0 Å². The van der Waals surface area contributed by atoms with Crippen LogP contribution < -0.4 is 5.43 Å². The molecular weight excluding hydrogens is 393 g/mol. The molecule has 4 heterocycles. The average molecular weight is 404 g/mol. The molecule has 4 rings (SSSR count). The van der Waals surface area contributed by atoms with Gasteiger partial charge in [-0.1, -0.05) is 0 Å². The SMILES string of the molecule is Cc1nc(-c2nccs2)ncc1C(=O)Nn1cc(C(F)(F)F)c2ccncc21. The number of pyridine rings is 1. The third-order valence-electron chi connectivity index (χ3n) is 3.98. The molecule has 4 aromatic rings. The van der Waals surface area contributed by atoms with Gasteiger partial charge in [-0.25, -0.2) is 15.0 Å². The summed E-state index contributed by atoms with van der Waals surface area (Å²) >= 11 is 1.35. The molecule has 0 aliphatic carbocycles. The van der Waals surface area contributed by atoms with E-state index in [0.29, 0.717) is 16.5 Å². The van der Waals surface area contributed by atoms with Crippen LogP contribution in [-0.2, 0) is 6.18 Å². The van der Waals surface area contributed by atoms with Gasteiger partial charge in [0.05, 0.1) is 28.5 Å². The number of alkyl halides is 3. The van der Waals surface area contributed by atoms with Gasteiger partial charge in [-0.15, -0.1) is 11.3 Å². The van der Waals surface area contributed by atoms with Gasteiger partial charge in [0.15, 0.2) is 10.8 Å². The van der Waals surface area contributed by atoms with E-state index in [2.05, 4.69) is 25.4 Å². The van der Waals surface area contributed by atoms with Crippen LogP contribution in [0.4, 0.5) is 13.2 Å². The maximum atomic E-state index is 13.3. The second-order valence-corrected chi connectivity index (χ2v) is 6.67. The van der Waals surface area contributed by atoms with E-state index < -0.39 is 17.6 Å². The van der Waals surface area contributed by atoms with Gasteiger partial charge in [0, 0.05) is 35.6 Å². The number of aryl methyl sites for hydroxylation is 1. The highest BCUT2D eigenvalue weighted by atomic mass is 32.1. The number of amides is 1. The number of nitrogens with zero attached hydrogens (tertiary/aromatic N) is 5. The number of nitrogens with one attached hydrogen (secondary N) is 1. The van der Waals surface area contributed by atoms with Gasteiger partial charge >= 0.3 is 6.18 Å². The number of carbonyl (C=O) groups excluding carboxylic acids is 1. The lowest BCUT2D eigenvalue weighted by atomic mass is 10.2. The van der Waals surface area contributed by atoms with Crippen LogP contribution in [0.1, 0.15) is 21.6 Å². The average Bonchev–Trinajstić information content (AvgIpc) is 3.30. The standard InChI is InChI=1S/C17H11F3N6OS/c1-9-11(6-23-14(24-9)16-22-4-5-28-16)15(27)25-26-8-12(17(18,19)20)10-2-3-21-7-13(10)26/h2-8H,1H3,(H,25,27). The van der Waals surface area contributed by atoms with E-state index in [1.165, 1.54) is 36.0 Å². The molecule has 0 bridgehead atoms. The quantitative estimate of drug-likeness (QED) is 0.563. The number of rotatable bonds is 3. The summed E-state index contributed by atoms with van der Waals surface area (Å²) < 4.78 is 40.8. The molecule has 4 aromatic heterocycles. The Hall–Kier alpha value is -3.34. The van der Waals surface area contributed by atoms with Crippen molar-refractivity contribution in [2.24, 2.45) is 0 Å². The number of aromatic nitrogens is 5. The second-order valence-electron chi connectivity index (χ2n) is 5.77. The fourth-order valence-electron chi connectivity index (χ4n) is 2.69. The number of hydrogen-bond donors (Lipinski definition) is 1. The Bertz CT molecular complexity index is 1170. The molecule has 11 heteroatoms. The summed E-state index contributed by atoms with van der Waals surface area (Å²) in [7, 11) is 0. The molecule has 0 fully saturated rings. The minimum atomic E-state index is -4.57. The van der Waals surface area contributed by atoms with Crippen molar-refractivity contribution in [1.82, 2.24) is 24.6 Å². The van der Waals surface area contributed by atoms with Crippen molar-refractivity contribution in [3.05, 3.63) is 59.3 Å². The first-order chi connectivity index (χ1) is 13.3. The highest BCUT2D eigenvalue weighted by Gasteiger charge is 2.35. The summed E-state index contributed by atoms with van der Waals surface area (Å²) in [6.45, 7) is 1.62. The van der Waals surface area contributed by atoms with E-state index in [0.717, 1.165) is 10.9 Å². The second kappa shape index (κ2) is 6.68. The third kappa shape index (κ3) is 3.20. The van der Waals surface area contributed by atoms with Crippen molar-refractivity contribution in [3.63, 3.8) is 0 Å². The molecule has 28 heavy (non-hydrogen) atoms. The zero-order chi connectivity index (χ0) is 19.9. The van der Waals surface area contributed by atoms with Crippen molar-refractivity contribution >= 4 is 28.1 Å². The molecule has 0 atom stereocenters. The van der Waals surface area contributed by atoms with E-state index in [1.807, 2.05) is 0 Å². The highest BCUT2D eigenvalue weighted by molar-refractivity contribution is 7.12. The molecule has 0 saturated heterocycles. The maximum absolute atomic E-state index is 13.3. The predicted molar refractivity (Wildman–Crippen MR) is 96.3 cm³/mol. The Kier molecular flexibility index (Phi) is 4.30. The molecule has 0 unspecified atom stereocenters. The molecule has 142 valence electrons.